The number of primary sulfonamides is 1. The summed E-state index contributed by atoms with van der Waals surface area (Å²) in [5.74, 6) is 0.430. The summed E-state index contributed by atoms with van der Waals surface area (Å²) in [6.07, 6.45) is 3.49. The third-order valence-corrected chi connectivity index (χ3v) is 4.79. The SMILES string of the molecule is CCC1CCN(C(=O)c2cc(S(N)(=O)=O)cn2CC)C1. The number of nitrogens with zero attached hydrogens (tertiary/aromatic N) is 2. The van der Waals surface area contributed by atoms with Crippen molar-refractivity contribution in [1.82, 2.24) is 9.47 Å². The van der Waals surface area contributed by atoms with Gasteiger partial charge in [0.1, 0.15) is 10.6 Å². The number of nitrogens with two attached hydrogens (primary N) is 1. The molecule has 0 spiro atoms. The highest BCUT2D eigenvalue weighted by molar-refractivity contribution is 7.89. The van der Waals surface area contributed by atoms with Crippen LogP contribution >= 0.6 is 0 Å². The van der Waals surface area contributed by atoms with Crippen LogP contribution in [-0.4, -0.2) is 36.9 Å². The second-order valence-corrected chi connectivity index (χ2v) is 6.77. The standard InChI is InChI=1S/C13H21N3O3S/c1-3-10-5-6-16(8-10)13(17)12-7-11(20(14,18)19)9-15(12)4-2/h7,9-10H,3-6,8H2,1-2H3,(H2,14,18,19). The summed E-state index contributed by atoms with van der Waals surface area (Å²) in [5.41, 5.74) is 0.397. The minimum absolute atomic E-state index is 0.00561. The van der Waals surface area contributed by atoms with Gasteiger partial charge in [0.25, 0.3) is 5.91 Å². The molecule has 2 N–H and O–H groups in total. The molecule has 2 heterocycles. The molecule has 0 aliphatic carbocycles. The van der Waals surface area contributed by atoms with E-state index in [1.54, 1.807) is 9.47 Å². The van der Waals surface area contributed by atoms with Gasteiger partial charge in [-0.15, -0.1) is 0 Å². The Kier molecular flexibility index (Phi) is 4.19. The summed E-state index contributed by atoms with van der Waals surface area (Å²) in [7, 11) is -3.78. The lowest BCUT2D eigenvalue weighted by Crippen LogP contribution is -2.30. The summed E-state index contributed by atoms with van der Waals surface area (Å²) < 4.78 is 24.4. The summed E-state index contributed by atoms with van der Waals surface area (Å²) in [5, 5.41) is 5.12. The number of hydrogen-bond donors (Lipinski definition) is 1. The topological polar surface area (TPSA) is 85.4 Å². The number of carbonyl (C=O) groups is 1. The summed E-state index contributed by atoms with van der Waals surface area (Å²) >= 11 is 0. The Morgan fingerprint density at radius 1 is 1.45 bits per heavy atom. The van der Waals surface area contributed by atoms with Gasteiger partial charge in [-0.1, -0.05) is 13.3 Å². The van der Waals surface area contributed by atoms with Crippen LogP contribution in [0.15, 0.2) is 17.2 Å². The van der Waals surface area contributed by atoms with Crippen LogP contribution in [0.2, 0.25) is 0 Å². The van der Waals surface area contributed by atoms with Crippen molar-refractivity contribution >= 4 is 15.9 Å². The normalized spacial score (nSPS) is 19.6. The van der Waals surface area contributed by atoms with E-state index in [9.17, 15) is 13.2 Å². The molecule has 2 rings (SSSR count). The zero-order chi connectivity index (χ0) is 14.9. The van der Waals surface area contributed by atoms with Crippen LogP contribution in [0.25, 0.3) is 0 Å². The van der Waals surface area contributed by atoms with E-state index in [4.69, 9.17) is 5.14 Å². The predicted octanol–water partition coefficient (Wildman–Crippen LogP) is 1.03. The Labute approximate surface area is 119 Å². The van der Waals surface area contributed by atoms with E-state index in [1.807, 2.05) is 6.92 Å². The quantitative estimate of drug-likeness (QED) is 0.901. The van der Waals surface area contributed by atoms with Gasteiger partial charge in [-0.3, -0.25) is 4.79 Å². The van der Waals surface area contributed by atoms with E-state index in [0.717, 1.165) is 25.9 Å². The molecule has 1 aromatic heterocycles. The highest BCUT2D eigenvalue weighted by atomic mass is 32.2. The number of rotatable bonds is 4. The van der Waals surface area contributed by atoms with Crippen LogP contribution in [0.3, 0.4) is 0 Å². The first kappa shape index (κ1) is 15.1. The second-order valence-electron chi connectivity index (χ2n) is 5.21. The fourth-order valence-electron chi connectivity index (χ4n) is 2.59. The first-order valence-corrected chi connectivity index (χ1v) is 8.43. The molecule has 1 unspecified atom stereocenters. The number of likely N-dealkylation sites (tertiary alicyclic amines) is 1. The zero-order valence-corrected chi connectivity index (χ0v) is 12.7. The van der Waals surface area contributed by atoms with E-state index < -0.39 is 10.0 Å². The highest BCUT2D eigenvalue weighted by Crippen LogP contribution is 2.22. The lowest BCUT2D eigenvalue weighted by atomic mass is 10.1. The maximum atomic E-state index is 12.5. The van der Waals surface area contributed by atoms with Crippen LogP contribution in [0.4, 0.5) is 0 Å². The van der Waals surface area contributed by atoms with Crippen molar-refractivity contribution < 1.29 is 13.2 Å². The third-order valence-electron chi connectivity index (χ3n) is 3.91. The first-order valence-electron chi connectivity index (χ1n) is 6.89. The molecule has 112 valence electrons. The maximum Gasteiger partial charge on any atom is 0.270 e. The molecule has 7 heteroatoms. The van der Waals surface area contributed by atoms with Crippen molar-refractivity contribution in [3.63, 3.8) is 0 Å². The Morgan fingerprint density at radius 3 is 2.65 bits per heavy atom. The zero-order valence-electron chi connectivity index (χ0n) is 11.9. The van der Waals surface area contributed by atoms with Crippen LogP contribution in [0, 0.1) is 5.92 Å². The molecule has 1 amide bonds. The van der Waals surface area contributed by atoms with Gasteiger partial charge in [-0.25, -0.2) is 13.6 Å². The van der Waals surface area contributed by atoms with Crippen LogP contribution in [-0.2, 0) is 16.6 Å². The van der Waals surface area contributed by atoms with Crippen LogP contribution < -0.4 is 5.14 Å². The molecular weight excluding hydrogens is 278 g/mol. The smallest absolute Gasteiger partial charge is 0.270 e. The van der Waals surface area contributed by atoms with E-state index in [1.165, 1.54) is 12.3 Å². The molecule has 20 heavy (non-hydrogen) atoms. The van der Waals surface area contributed by atoms with Gasteiger partial charge in [-0.2, -0.15) is 0 Å². The average Bonchev–Trinajstić information content (AvgIpc) is 3.03. The number of hydrogen-bond acceptors (Lipinski definition) is 3. The largest absolute Gasteiger partial charge is 0.342 e. The average molecular weight is 299 g/mol. The predicted molar refractivity (Wildman–Crippen MR) is 75.8 cm³/mol. The Morgan fingerprint density at radius 2 is 2.15 bits per heavy atom. The van der Waals surface area contributed by atoms with Gasteiger partial charge in [0, 0.05) is 25.8 Å². The number of amides is 1. The lowest BCUT2D eigenvalue weighted by molar-refractivity contribution is 0.0776. The number of aromatic nitrogens is 1. The molecule has 0 saturated carbocycles. The summed E-state index contributed by atoms with van der Waals surface area (Å²) in [6, 6.07) is 1.38. The first-order chi connectivity index (χ1) is 9.36. The van der Waals surface area contributed by atoms with Crippen molar-refractivity contribution in [1.29, 1.82) is 0 Å². The molecule has 6 nitrogen and oxygen atoms in total. The van der Waals surface area contributed by atoms with Crippen LogP contribution in [0.1, 0.15) is 37.2 Å². The second kappa shape index (κ2) is 5.57. The van der Waals surface area contributed by atoms with Crippen molar-refractivity contribution in [2.75, 3.05) is 13.1 Å². The molecule has 0 aromatic carbocycles. The number of sulfonamides is 1. The summed E-state index contributed by atoms with van der Waals surface area (Å²) in [6.45, 7) is 5.99. The fourth-order valence-corrected chi connectivity index (χ4v) is 3.14. The lowest BCUT2D eigenvalue weighted by Gasteiger charge is -2.17. The minimum Gasteiger partial charge on any atom is -0.342 e. The molecule has 1 atom stereocenters. The molecule has 0 radical (unpaired) electrons. The monoisotopic (exact) mass is 299 g/mol. The molecule has 0 bridgehead atoms. The highest BCUT2D eigenvalue weighted by Gasteiger charge is 2.28. The molecule has 1 fully saturated rings. The Hall–Kier alpha value is -1.34. The molecule has 1 aliphatic heterocycles. The maximum absolute atomic E-state index is 12.5. The van der Waals surface area contributed by atoms with E-state index in [-0.39, 0.29) is 10.8 Å². The van der Waals surface area contributed by atoms with Gasteiger partial charge in [-0.05, 0) is 25.3 Å². The number of carbonyl (C=O) groups excluding carboxylic acids is 1. The van der Waals surface area contributed by atoms with Gasteiger partial charge < -0.3 is 9.47 Å². The van der Waals surface area contributed by atoms with Crippen molar-refractivity contribution in [2.24, 2.45) is 11.1 Å². The molecular formula is C13H21N3O3S. The minimum atomic E-state index is -3.78. The summed E-state index contributed by atoms with van der Waals surface area (Å²) in [4.78, 5) is 14.3. The molecule has 1 aromatic rings. The van der Waals surface area contributed by atoms with Gasteiger partial charge in [0.05, 0.1) is 0 Å². The third kappa shape index (κ3) is 2.88. The number of aryl methyl sites for hydroxylation is 1. The van der Waals surface area contributed by atoms with E-state index in [0.29, 0.717) is 18.2 Å². The Balaban J connectivity index is 2.28. The van der Waals surface area contributed by atoms with Crippen molar-refractivity contribution in [2.45, 2.75) is 38.1 Å². The Bertz CT molecular complexity index is 606. The van der Waals surface area contributed by atoms with Gasteiger partial charge >= 0.3 is 0 Å². The van der Waals surface area contributed by atoms with Crippen LogP contribution in [0.5, 0.6) is 0 Å². The van der Waals surface area contributed by atoms with Gasteiger partial charge in [0.2, 0.25) is 10.0 Å². The fraction of sp³-hybridized carbons (Fsp3) is 0.615. The van der Waals surface area contributed by atoms with E-state index >= 15 is 0 Å². The van der Waals surface area contributed by atoms with Crippen molar-refractivity contribution in [3.05, 3.63) is 18.0 Å². The van der Waals surface area contributed by atoms with Crippen molar-refractivity contribution in [3.8, 4) is 0 Å². The molecule has 1 saturated heterocycles. The van der Waals surface area contributed by atoms with Gasteiger partial charge in [0.15, 0.2) is 0 Å². The molecule has 1 aliphatic rings. The van der Waals surface area contributed by atoms with E-state index in [2.05, 4.69) is 6.92 Å².